The highest BCUT2D eigenvalue weighted by atomic mass is 32.2. The molecule has 1 aliphatic rings. The maximum absolute atomic E-state index is 12.6. The van der Waals surface area contributed by atoms with Crippen molar-refractivity contribution in [3.63, 3.8) is 0 Å². The molecule has 0 bridgehead atoms. The molecule has 1 heterocycles. The smallest absolute Gasteiger partial charge is 0.255 e. The Morgan fingerprint density at radius 1 is 0.886 bits per heavy atom. The molecule has 0 unspecified atom stereocenters. The molecular formula is C27H29N3O4S. The van der Waals surface area contributed by atoms with Gasteiger partial charge in [0.1, 0.15) is 0 Å². The molecule has 4 rings (SSSR count). The van der Waals surface area contributed by atoms with E-state index < -0.39 is 10.0 Å². The number of anilines is 2. The third-order valence-electron chi connectivity index (χ3n) is 5.68. The molecule has 7 nitrogen and oxygen atoms in total. The van der Waals surface area contributed by atoms with Crippen LogP contribution in [0.25, 0.3) is 6.08 Å². The van der Waals surface area contributed by atoms with Crippen molar-refractivity contribution in [2.24, 2.45) is 0 Å². The highest BCUT2D eigenvalue weighted by molar-refractivity contribution is 7.95. The van der Waals surface area contributed by atoms with E-state index in [-0.39, 0.29) is 5.91 Å². The van der Waals surface area contributed by atoms with Crippen molar-refractivity contribution < 1.29 is 17.9 Å². The molecule has 3 aromatic rings. The number of benzene rings is 3. The number of hydrogen-bond donors (Lipinski definition) is 2. The lowest BCUT2D eigenvalue weighted by atomic mass is 10.1. The Morgan fingerprint density at radius 3 is 2.23 bits per heavy atom. The van der Waals surface area contributed by atoms with Crippen LogP contribution in [0.15, 0.2) is 84.3 Å². The van der Waals surface area contributed by atoms with Crippen LogP contribution < -0.4 is 10.0 Å². The van der Waals surface area contributed by atoms with Crippen LogP contribution in [0.5, 0.6) is 0 Å². The lowest BCUT2D eigenvalue weighted by molar-refractivity contribution is 0.0384. The Morgan fingerprint density at radius 2 is 1.54 bits per heavy atom. The average molecular weight is 492 g/mol. The summed E-state index contributed by atoms with van der Waals surface area (Å²) in [6.45, 7) is 4.52. The van der Waals surface area contributed by atoms with Gasteiger partial charge in [0, 0.05) is 36.6 Å². The average Bonchev–Trinajstić information content (AvgIpc) is 2.88. The van der Waals surface area contributed by atoms with Gasteiger partial charge in [-0.3, -0.25) is 14.4 Å². The van der Waals surface area contributed by atoms with Crippen LogP contribution in [0, 0.1) is 0 Å². The molecule has 0 saturated carbocycles. The zero-order valence-electron chi connectivity index (χ0n) is 19.4. The second-order valence-electron chi connectivity index (χ2n) is 8.29. The van der Waals surface area contributed by atoms with Crippen molar-refractivity contribution in [3.8, 4) is 0 Å². The van der Waals surface area contributed by atoms with Crippen molar-refractivity contribution in [1.82, 2.24) is 4.90 Å². The van der Waals surface area contributed by atoms with Gasteiger partial charge in [-0.2, -0.15) is 0 Å². The molecule has 35 heavy (non-hydrogen) atoms. The normalized spacial score (nSPS) is 14.6. The minimum atomic E-state index is -3.67. The minimum absolute atomic E-state index is 0.260. The van der Waals surface area contributed by atoms with Gasteiger partial charge < -0.3 is 10.1 Å². The summed E-state index contributed by atoms with van der Waals surface area (Å²) in [4.78, 5) is 15.0. The van der Waals surface area contributed by atoms with Crippen molar-refractivity contribution in [1.29, 1.82) is 0 Å². The topological polar surface area (TPSA) is 87.7 Å². The van der Waals surface area contributed by atoms with Crippen molar-refractivity contribution in [2.45, 2.75) is 6.42 Å². The number of ether oxygens (including phenoxy) is 1. The summed E-state index contributed by atoms with van der Waals surface area (Å²) in [6.07, 6.45) is 2.48. The maximum atomic E-state index is 12.6. The lowest BCUT2D eigenvalue weighted by Crippen LogP contribution is -2.37. The van der Waals surface area contributed by atoms with Crippen LogP contribution in [0.2, 0.25) is 0 Å². The van der Waals surface area contributed by atoms with Gasteiger partial charge in [0.15, 0.2) is 0 Å². The van der Waals surface area contributed by atoms with Crippen LogP contribution in [-0.4, -0.2) is 52.1 Å². The van der Waals surface area contributed by atoms with Gasteiger partial charge >= 0.3 is 0 Å². The molecule has 0 aliphatic carbocycles. The molecule has 1 saturated heterocycles. The number of nitrogens with zero attached hydrogens (tertiary/aromatic N) is 1. The summed E-state index contributed by atoms with van der Waals surface area (Å²) in [5.74, 6) is -0.260. The van der Waals surface area contributed by atoms with Crippen LogP contribution >= 0.6 is 0 Å². The van der Waals surface area contributed by atoms with Gasteiger partial charge in [-0.15, -0.1) is 0 Å². The molecule has 1 aliphatic heterocycles. The first kappa shape index (κ1) is 24.7. The van der Waals surface area contributed by atoms with Crippen molar-refractivity contribution in [2.75, 3.05) is 42.9 Å². The maximum Gasteiger partial charge on any atom is 0.255 e. The number of carbonyl (C=O) groups excluding carboxylic acids is 1. The molecule has 0 atom stereocenters. The third-order valence-corrected chi connectivity index (χ3v) is 6.69. The monoisotopic (exact) mass is 491 g/mol. The van der Waals surface area contributed by atoms with Crippen molar-refractivity contribution in [3.05, 3.63) is 101 Å². The molecule has 3 aromatic carbocycles. The second kappa shape index (κ2) is 11.8. The van der Waals surface area contributed by atoms with Crippen molar-refractivity contribution >= 4 is 33.4 Å². The van der Waals surface area contributed by atoms with Gasteiger partial charge in [0.25, 0.3) is 15.9 Å². The number of sulfonamides is 1. The number of carbonyl (C=O) groups is 1. The predicted molar refractivity (Wildman–Crippen MR) is 140 cm³/mol. The zero-order chi connectivity index (χ0) is 24.5. The molecular weight excluding hydrogens is 462 g/mol. The Balaban J connectivity index is 1.28. The largest absolute Gasteiger partial charge is 0.379 e. The van der Waals surface area contributed by atoms with E-state index in [1.54, 1.807) is 24.3 Å². The minimum Gasteiger partial charge on any atom is -0.379 e. The van der Waals surface area contributed by atoms with Crippen LogP contribution in [0.1, 0.15) is 21.5 Å². The molecule has 0 aromatic heterocycles. The summed E-state index contributed by atoms with van der Waals surface area (Å²) in [5.41, 5.74) is 3.52. The van der Waals surface area contributed by atoms with E-state index in [1.165, 1.54) is 11.6 Å². The van der Waals surface area contributed by atoms with Gasteiger partial charge in [0.2, 0.25) is 0 Å². The van der Waals surface area contributed by atoms with Crippen LogP contribution in [0.4, 0.5) is 11.4 Å². The molecule has 2 N–H and O–H groups in total. The van der Waals surface area contributed by atoms with Gasteiger partial charge in [-0.1, -0.05) is 42.5 Å². The SMILES string of the molecule is O=C(Nc1ccc(CCN2CCOCC2)cc1)c1ccc(NS(=O)(=O)/C=C/c2ccccc2)cc1. The first-order valence-corrected chi connectivity index (χ1v) is 13.1. The highest BCUT2D eigenvalue weighted by Gasteiger charge is 2.11. The Labute approximate surface area is 206 Å². The van der Waals surface area contributed by atoms with Gasteiger partial charge in [-0.25, -0.2) is 8.42 Å². The molecule has 1 fully saturated rings. The predicted octanol–water partition coefficient (Wildman–Crippen LogP) is 4.23. The Kier molecular flexibility index (Phi) is 8.31. The summed E-state index contributed by atoms with van der Waals surface area (Å²) in [7, 11) is -3.67. The van der Waals surface area contributed by atoms with Gasteiger partial charge in [-0.05, 0) is 60.0 Å². The van der Waals surface area contributed by atoms with E-state index in [0.717, 1.165) is 50.2 Å². The van der Waals surface area contributed by atoms with Crippen LogP contribution in [-0.2, 0) is 21.2 Å². The summed E-state index contributed by atoms with van der Waals surface area (Å²) in [5, 5.41) is 4.00. The summed E-state index contributed by atoms with van der Waals surface area (Å²) in [6, 6.07) is 23.3. The lowest BCUT2D eigenvalue weighted by Gasteiger charge is -2.26. The highest BCUT2D eigenvalue weighted by Crippen LogP contribution is 2.16. The van der Waals surface area contributed by atoms with E-state index in [4.69, 9.17) is 4.74 Å². The number of amides is 1. The Hall–Kier alpha value is -3.46. The second-order valence-corrected chi connectivity index (χ2v) is 9.86. The standard InChI is InChI=1S/C27H29N3O4S/c31-27(28-25-10-6-23(7-11-25)14-16-30-17-19-34-20-18-30)24-8-12-26(13-9-24)29-35(32,33)21-15-22-4-2-1-3-5-22/h1-13,15,21,29H,14,16-20H2,(H,28,31)/b21-15+. The number of hydrogen-bond acceptors (Lipinski definition) is 5. The van der Waals surface area contributed by atoms with Crippen LogP contribution in [0.3, 0.4) is 0 Å². The van der Waals surface area contributed by atoms with E-state index in [1.807, 2.05) is 54.6 Å². The summed E-state index contributed by atoms with van der Waals surface area (Å²) < 4.78 is 32.5. The Bertz CT molecular complexity index is 1240. The zero-order valence-corrected chi connectivity index (χ0v) is 20.2. The van der Waals surface area contributed by atoms with E-state index >= 15 is 0 Å². The number of rotatable bonds is 9. The number of nitrogens with one attached hydrogen (secondary N) is 2. The third kappa shape index (κ3) is 7.78. The fourth-order valence-corrected chi connectivity index (χ4v) is 4.56. The quantitative estimate of drug-likeness (QED) is 0.468. The fraction of sp³-hybridized carbons (Fsp3) is 0.222. The molecule has 0 radical (unpaired) electrons. The molecule has 182 valence electrons. The first-order valence-electron chi connectivity index (χ1n) is 11.5. The number of morpholine rings is 1. The molecule has 8 heteroatoms. The summed E-state index contributed by atoms with van der Waals surface area (Å²) >= 11 is 0. The fourth-order valence-electron chi connectivity index (χ4n) is 3.69. The molecule has 1 amide bonds. The van der Waals surface area contributed by atoms with E-state index in [2.05, 4.69) is 14.9 Å². The molecule has 0 spiro atoms. The van der Waals surface area contributed by atoms with E-state index in [0.29, 0.717) is 16.9 Å². The van der Waals surface area contributed by atoms with Gasteiger partial charge in [0.05, 0.1) is 18.6 Å². The van der Waals surface area contributed by atoms with E-state index in [9.17, 15) is 13.2 Å². The first-order chi connectivity index (χ1) is 17.0.